The molecule has 3 heterocycles. The van der Waals surface area contributed by atoms with Crippen molar-refractivity contribution >= 4 is 28.2 Å². The van der Waals surface area contributed by atoms with Crippen LogP contribution in [0.4, 0.5) is 11.4 Å². The number of nitro groups is 1. The van der Waals surface area contributed by atoms with Gasteiger partial charge in [0, 0.05) is 62.1 Å². The first-order valence-electron chi connectivity index (χ1n) is 10.3. The van der Waals surface area contributed by atoms with Crippen molar-refractivity contribution in [1.82, 2.24) is 14.8 Å². The Bertz CT molecular complexity index is 926. The van der Waals surface area contributed by atoms with Crippen molar-refractivity contribution in [2.45, 2.75) is 26.2 Å². The Labute approximate surface area is 170 Å². The van der Waals surface area contributed by atoms with Crippen molar-refractivity contribution in [2.24, 2.45) is 0 Å². The van der Waals surface area contributed by atoms with E-state index in [2.05, 4.69) is 14.8 Å². The van der Waals surface area contributed by atoms with Gasteiger partial charge in [0.25, 0.3) is 5.69 Å². The van der Waals surface area contributed by atoms with E-state index in [9.17, 15) is 14.9 Å². The second-order valence-corrected chi connectivity index (χ2v) is 7.92. The first-order valence-corrected chi connectivity index (χ1v) is 10.3. The van der Waals surface area contributed by atoms with E-state index in [0.717, 1.165) is 75.3 Å². The summed E-state index contributed by atoms with van der Waals surface area (Å²) in [7, 11) is 0. The Kier molecular flexibility index (Phi) is 5.62. The maximum Gasteiger partial charge on any atom is 0.295 e. The van der Waals surface area contributed by atoms with Gasteiger partial charge in [-0.2, -0.15) is 0 Å². The Morgan fingerprint density at radius 3 is 2.66 bits per heavy atom. The number of para-hydroxylation sites is 1. The Balaban J connectivity index is 1.53. The predicted octanol–water partition coefficient (Wildman–Crippen LogP) is 2.59. The number of pyridine rings is 1. The van der Waals surface area contributed by atoms with Crippen molar-refractivity contribution in [1.29, 1.82) is 0 Å². The molecule has 8 nitrogen and oxygen atoms in total. The first-order chi connectivity index (χ1) is 14.0. The average Bonchev–Trinajstić information content (AvgIpc) is 3.14. The summed E-state index contributed by atoms with van der Waals surface area (Å²) in [4.78, 5) is 34.5. The highest BCUT2D eigenvalue weighted by Gasteiger charge is 2.24. The number of carbonyl (C=O) groups is 1. The third-order valence-corrected chi connectivity index (χ3v) is 5.87. The number of nitrogens with zero attached hydrogens (tertiary/aromatic N) is 5. The van der Waals surface area contributed by atoms with Gasteiger partial charge in [0.1, 0.15) is 0 Å². The predicted molar refractivity (Wildman–Crippen MR) is 112 cm³/mol. The molecule has 0 spiro atoms. The van der Waals surface area contributed by atoms with Gasteiger partial charge < -0.3 is 9.80 Å². The molecule has 0 radical (unpaired) electrons. The number of likely N-dealkylation sites (tertiary alicyclic amines) is 1. The summed E-state index contributed by atoms with van der Waals surface area (Å²) in [5.41, 5.74) is 2.24. The van der Waals surface area contributed by atoms with Crippen molar-refractivity contribution < 1.29 is 9.72 Å². The van der Waals surface area contributed by atoms with E-state index in [4.69, 9.17) is 0 Å². The van der Waals surface area contributed by atoms with Gasteiger partial charge in [-0.3, -0.25) is 19.8 Å². The van der Waals surface area contributed by atoms with Gasteiger partial charge in [-0.05, 0) is 32.3 Å². The summed E-state index contributed by atoms with van der Waals surface area (Å²) < 4.78 is 0. The number of carbonyl (C=O) groups excluding carboxylic acids is 1. The van der Waals surface area contributed by atoms with Crippen molar-refractivity contribution in [3.8, 4) is 0 Å². The van der Waals surface area contributed by atoms with Gasteiger partial charge in [0.15, 0.2) is 5.52 Å². The summed E-state index contributed by atoms with van der Waals surface area (Å²) in [6.45, 7) is 7.47. The summed E-state index contributed by atoms with van der Waals surface area (Å²) in [6, 6.07) is 7.15. The number of non-ortho nitro benzene ring substituents is 1. The molecule has 0 unspecified atom stereocenters. The van der Waals surface area contributed by atoms with Crippen LogP contribution in [-0.4, -0.2) is 71.4 Å². The molecule has 8 heteroatoms. The van der Waals surface area contributed by atoms with E-state index >= 15 is 0 Å². The SMILES string of the molecule is Cc1cc(N2CCCN(CC(=O)N3CCCC3)CC2)c2cccc([N+](=O)[O-])c2n1. The average molecular weight is 397 g/mol. The van der Waals surface area contributed by atoms with Crippen LogP contribution in [0.25, 0.3) is 10.9 Å². The van der Waals surface area contributed by atoms with Gasteiger partial charge in [0.2, 0.25) is 5.91 Å². The quantitative estimate of drug-likeness (QED) is 0.583. The Morgan fingerprint density at radius 1 is 1.10 bits per heavy atom. The fourth-order valence-corrected chi connectivity index (χ4v) is 4.38. The topological polar surface area (TPSA) is 82.8 Å². The molecule has 1 aromatic carbocycles. The third-order valence-electron chi connectivity index (χ3n) is 5.87. The van der Waals surface area contributed by atoms with Crippen molar-refractivity contribution in [3.05, 3.63) is 40.1 Å². The summed E-state index contributed by atoms with van der Waals surface area (Å²) in [5.74, 6) is 0.233. The molecular formula is C21H27N5O3. The monoisotopic (exact) mass is 397 g/mol. The number of amides is 1. The van der Waals surface area contributed by atoms with Crippen LogP contribution in [0.3, 0.4) is 0 Å². The molecule has 2 aliphatic rings. The highest BCUT2D eigenvalue weighted by molar-refractivity contribution is 5.97. The van der Waals surface area contributed by atoms with Crippen LogP contribution >= 0.6 is 0 Å². The lowest BCUT2D eigenvalue weighted by atomic mass is 10.1. The summed E-state index contributed by atoms with van der Waals surface area (Å²) >= 11 is 0. The van der Waals surface area contributed by atoms with Crippen LogP contribution in [-0.2, 0) is 4.79 Å². The molecule has 2 fully saturated rings. The highest BCUT2D eigenvalue weighted by Crippen LogP contribution is 2.32. The van der Waals surface area contributed by atoms with E-state index in [0.29, 0.717) is 12.1 Å². The fourth-order valence-electron chi connectivity index (χ4n) is 4.38. The van der Waals surface area contributed by atoms with Crippen LogP contribution in [0, 0.1) is 17.0 Å². The molecule has 0 bridgehead atoms. The van der Waals surface area contributed by atoms with Gasteiger partial charge in [-0.15, -0.1) is 0 Å². The number of fused-ring (bicyclic) bond motifs is 1. The molecule has 2 aliphatic heterocycles. The maximum absolute atomic E-state index is 12.5. The Hall–Kier alpha value is -2.74. The van der Waals surface area contributed by atoms with E-state index in [-0.39, 0.29) is 16.5 Å². The lowest BCUT2D eigenvalue weighted by molar-refractivity contribution is -0.383. The van der Waals surface area contributed by atoms with E-state index in [1.165, 1.54) is 6.07 Å². The minimum absolute atomic E-state index is 0.0418. The molecule has 4 rings (SSSR count). The van der Waals surface area contributed by atoms with E-state index < -0.39 is 0 Å². The first kappa shape index (κ1) is 19.6. The molecule has 0 saturated carbocycles. The minimum atomic E-state index is -0.368. The van der Waals surface area contributed by atoms with Crippen LogP contribution in [0.15, 0.2) is 24.3 Å². The third kappa shape index (κ3) is 4.17. The molecule has 2 aromatic rings. The Morgan fingerprint density at radius 2 is 1.90 bits per heavy atom. The number of aryl methyl sites for hydroxylation is 1. The normalized spacial score (nSPS) is 18.2. The summed E-state index contributed by atoms with van der Waals surface area (Å²) in [6.07, 6.45) is 3.17. The van der Waals surface area contributed by atoms with Crippen LogP contribution in [0.1, 0.15) is 25.0 Å². The van der Waals surface area contributed by atoms with E-state index in [1.807, 2.05) is 24.0 Å². The van der Waals surface area contributed by atoms with Crippen LogP contribution in [0.2, 0.25) is 0 Å². The molecule has 0 aliphatic carbocycles. The van der Waals surface area contributed by atoms with Gasteiger partial charge >= 0.3 is 0 Å². The lowest BCUT2D eigenvalue weighted by Crippen LogP contribution is -2.40. The van der Waals surface area contributed by atoms with E-state index in [1.54, 1.807) is 6.07 Å². The van der Waals surface area contributed by atoms with Crippen molar-refractivity contribution in [2.75, 3.05) is 50.7 Å². The second-order valence-electron chi connectivity index (χ2n) is 7.92. The van der Waals surface area contributed by atoms with Gasteiger partial charge in [0.05, 0.1) is 11.5 Å². The fraction of sp³-hybridized carbons (Fsp3) is 0.524. The maximum atomic E-state index is 12.5. The largest absolute Gasteiger partial charge is 0.370 e. The molecule has 154 valence electrons. The zero-order valence-electron chi connectivity index (χ0n) is 16.8. The molecule has 29 heavy (non-hydrogen) atoms. The van der Waals surface area contributed by atoms with Crippen LogP contribution < -0.4 is 4.90 Å². The number of rotatable bonds is 4. The number of nitro benzene ring substituents is 1. The molecule has 0 atom stereocenters. The lowest BCUT2D eigenvalue weighted by Gasteiger charge is -2.26. The molecule has 1 amide bonds. The molecular weight excluding hydrogens is 370 g/mol. The molecule has 2 saturated heterocycles. The second kappa shape index (κ2) is 8.32. The molecule has 0 N–H and O–H groups in total. The van der Waals surface area contributed by atoms with Crippen molar-refractivity contribution in [3.63, 3.8) is 0 Å². The number of benzene rings is 1. The number of hydrogen-bond acceptors (Lipinski definition) is 6. The van der Waals surface area contributed by atoms with Crippen LogP contribution in [0.5, 0.6) is 0 Å². The van der Waals surface area contributed by atoms with Gasteiger partial charge in [-0.1, -0.05) is 12.1 Å². The zero-order chi connectivity index (χ0) is 20.4. The summed E-state index contributed by atoms with van der Waals surface area (Å²) in [5, 5.41) is 12.2. The number of anilines is 1. The number of hydrogen-bond donors (Lipinski definition) is 0. The smallest absolute Gasteiger partial charge is 0.295 e. The molecule has 1 aromatic heterocycles. The highest BCUT2D eigenvalue weighted by atomic mass is 16.6. The van der Waals surface area contributed by atoms with Gasteiger partial charge in [-0.25, -0.2) is 4.98 Å². The standard InChI is InChI=1S/C21H27N5O3/c1-16-14-19(17-6-4-7-18(26(28)29)21(17)22-16)24-11-5-8-23(12-13-24)15-20(27)25-9-2-3-10-25/h4,6-7,14H,2-3,5,8-13,15H2,1H3. The zero-order valence-corrected chi connectivity index (χ0v) is 16.8. The number of aromatic nitrogens is 1. The minimum Gasteiger partial charge on any atom is -0.370 e.